The van der Waals surface area contributed by atoms with Crippen molar-refractivity contribution in [3.63, 3.8) is 0 Å². The third-order valence-corrected chi connectivity index (χ3v) is 2.08. The lowest BCUT2D eigenvalue weighted by Crippen LogP contribution is -2.27. The van der Waals surface area contributed by atoms with E-state index in [1.165, 1.54) is 18.6 Å². The van der Waals surface area contributed by atoms with E-state index < -0.39 is 23.9 Å². The van der Waals surface area contributed by atoms with Crippen molar-refractivity contribution in [2.45, 2.75) is 6.54 Å². The number of hydrogen-bond acceptors (Lipinski definition) is 4. The van der Waals surface area contributed by atoms with E-state index in [1.54, 1.807) is 0 Å². The second-order valence-corrected chi connectivity index (χ2v) is 3.25. The number of aliphatic carboxylic acids is 1. The number of furan rings is 1. The van der Waals surface area contributed by atoms with Gasteiger partial charge in [0.15, 0.2) is 0 Å². The Hall–Kier alpha value is -2.44. The molecule has 0 fully saturated rings. The molecule has 17 heavy (non-hydrogen) atoms. The predicted molar refractivity (Wildman–Crippen MR) is 53.8 cm³/mol. The molecular formula is C10H7FN2O4. The molecule has 0 aliphatic rings. The van der Waals surface area contributed by atoms with Gasteiger partial charge in [0.25, 0.3) is 5.56 Å². The third kappa shape index (κ3) is 2.07. The molecule has 0 bridgehead atoms. The van der Waals surface area contributed by atoms with Gasteiger partial charge in [0.05, 0.1) is 18.9 Å². The fourth-order valence-corrected chi connectivity index (χ4v) is 1.32. The summed E-state index contributed by atoms with van der Waals surface area (Å²) in [6.45, 7) is -0.631. The third-order valence-electron chi connectivity index (χ3n) is 2.08. The molecule has 0 aliphatic heterocycles. The molecule has 2 aromatic heterocycles. The number of carboxylic acid groups (broad SMARTS) is 1. The van der Waals surface area contributed by atoms with Crippen LogP contribution in [0, 0.1) is 5.82 Å². The maximum absolute atomic E-state index is 13.6. The maximum atomic E-state index is 13.6. The Morgan fingerprint density at radius 1 is 1.59 bits per heavy atom. The van der Waals surface area contributed by atoms with E-state index in [1.807, 2.05) is 0 Å². The summed E-state index contributed by atoms with van der Waals surface area (Å²) >= 11 is 0. The van der Waals surface area contributed by atoms with Crippen molar-refractivity contribution in [3.8, 4) is 11.3 Å². The monoisotopic (exact) mass is 238 g/mol. The minimum absolute atomic E-state index is 0.162. The summed E-state index contributed by atoms with van der Waals surface area (Å²) in [5, 5.41) is 8.51. The van der Waals surface area contributed by atoms with E-state index in [4.69, 9.17) is 9.52 Å². The zero-order valence-corrected chi connectivity index (χ0v) is 8.46. The first-order valence-electron chi connectivity index (χ1n) is 4.59. The van der Waals surface area contributed by atoms with Gasteiger partial charge in [-0.15, -0.1) is 0 Å². The number of rotatable bonds is 3. The van der Waals surface area contributed by atoms with Crippen LogP contribution in [0.15, 0.2) is 34.1 Å². The Kier molecular flexibility index (Phi) is 2.73. The SMILES string of the molecule is O=C(O)Cn1cnc(-c2ccoc2)c(F)c1=O. The standard InChI is InChI=1S/C10H7FN2O4/c11-8-9(6-1-2-17-4-6)12-5-13(10(8)16)3-7(14)15/h1-2,4-5H,3H2,(H,14,15). The second-order valence-electron chi connectivity index (χ2n) is 3.25. The van der Waals surface area contributed by atoms with E-state index in [0.717, 1.165) is 6.33 Å². The highest BCUT2D eigenvalue weighted by molar-refractivity contribution is 5.66. The second kappa shape index (κ2) is 4.20. The van der Waals surface area contributed by atoms with Crippen LogP contribution in [-0.4, -0.2) is 20.6 Å². The molecule has 2 rings (SSSR count). The summed E-state index contributed by atoms with van der Waals surface area (Å²) in [5.41, 5.74) is -0.869. The first-order chi connectivity index (χ1) is 8.09. The molecule has 2 aromatic rings. The summed E-state index contributed by atoms with van der Waals surface area (Å²) in [6, 6.07) is 1.45. The fraction of sp³-hybridized carbons (Fsp3) is 0.100. The van der Waals surface area contributed by atoms with Crippen molar-refractivity contribution in [1.29, 1.82) is 0 Å². The molecule has 0 spiro atoms. The van der Waals surface area contributed by atoms with Crippen molar-refractivity contribution >= 4 is 5.97 Å². The highest BCUT2D eigenvalue weighted by atomic mass is 19.1. The highest BCUT2D eigenvalue weighted by Gasteiger charge is 2.15. The number of carboxylic acids is 1. The smallest absolute Gasteiger partial charge is 0.323 e. The minimum Gasteiger partial charge on any atom is -0.480 e. The molecule has 1 N–H and O–H groups in total. The topological polar surface area (TPSA) is 85.3 Å². The number of halogens is 1. The normalized spacial score (nSPS) is 10.4. The van der Waals surface area contributed by atoms with Gasteiger partial charge in [-0.3, -0.25) is 14.2 Å². The van der Waals surface area contributed by atoms with Crippen LogP contribution in [-0.2, 0) is 11.3 Å². The number of carbonyl (C=O) groups is 1. The molecule has 88 valence electrons. The Bertz CT molecular complexity index is 603. The van der Waals surface area contributed by atoms with Crippen molar-refractivity contribution in [1.82, 2.24) is 9.55 Å². The van der Waals surface area contributed by atoms with E-state index in [9.17, 15) is 14.0 Å². The van der Waals surface area contributed by atoms with Gasteiger partial charge in [-0.05, 0) is 6.07 Å². The van der Waals surface area contributed by atoms with Crippen LogP contribution in [0.4, 0.5) is 4.39 Å². The van der Waals surface area contributed by atoms with Crippen molar-refractivity contribution in [3.05, 3.63) is 41.1 Å². The molecule has 6 nitrogen and oxygen atoms in total. The zero-order chi connectivity index (χ0) is 12.4. The average Bonchev–Trinajstić information content (AvgIpc) is 2.78. The number of aromatic nitrogens is 2. The first kappa shape index (κ1) is 11.1. The van der Waals surface area contributed by atoms with Gasteiger partial charge in [-0.1, -0.05) is 0 Å². The van der Waals surface area contributed by atoms with E-state index in [-0.39, 0.29) is 5.69 Å². The van der Waals surface area contributed by atoms with E-state index >= 15 is 0 Å². The molecular weight excluding hydrogens is 231 g/mol. The molecule has 0 saturated carbocycles. The Morgan fingerprint density at radius 3 is 2.94 bits per heavy atom. The van der Waals surface area contributed by atoms with Crippen molar-refractivity contribution in [2.24, 2.45) is 0 Å². The molecule has 0 radical (unpaired) electrons. The van der Waals surface area contributed by atoms with Crippen LogP contribution in [0.3, 0.4) is 0 Å². The van der Waals surface area contributed by atoms with Crippen molar-refractivity contribution in [2.75, 3.05) is 0 Å². The molecule has 0 amide bonds. The minimum atomic E-state index is -1.25. The van der Waals surface area contributed by atoms with Crippen LogP contribution in [0.5, 0.6) is 0 Å². The molecule has 0 aromatic carbocycles. The number of hydrogen-bond donors (Lipinski definition) is 1. The highest BCUT2D eigenvalue weighted by Crippen LogP contribution is 2.17. The van der Waals surface area contributed by atoms with Crippen LogP contribution in [0.1, 0.15) is 0 Å². The molecule has 0 atom stereocenters. The van der Waals surface area contributed by atoms with E-state index in [0.29, 0.717) is 10.1 Å². The Morgan fingerprint density at radius 2 is 2.35 bits per heavy atom. The summed E-state index contributed by atoms with van der Waals surface area (Å²) in [6.07, 6.45) is 3.55. The van der Waals surface area contributed by atoms with Gasteiger partial charge >= 0.3 is 5.97 Å². The summed E-state index contributed by atoms with van der Waals surface area (Å²) in [7, 11) is 0. The molecule has 7 heteroatoms. The Labute approximate surface area is 93.9 Å². The summed E-state index contributed by atoms with van der Waals surface area (Å²) < 4.78 is 19.1. The van der Waals surface area contributed by atoms with Gasteiger partial charge in [0.1, 0.15) is 12.2 Å². The molecule has 0 unspecified atom stereocenters. The molecule has 2 heterocycles. The predicted octanol–water partition coefficient (Wildman–Crippen LogP) is 0.727. The maximum Gasteiger partial charge on any atom is 0.323 e. The van der Waals surface area contributed by atoms with Crippen LogP contribution < -0.4 is 5.56 Å². The van der Waals surface area contributed by atoms with Gasteiger partial charge in [-0.2, -0.15) is 4.39 Å². The molecule has 0 aliphatic carbocycles. The first-order valence-corrected chi connectivity index (χ1v) is 4.59. The van der Waals surface area contributed by atoms with Crippen LogP contribution >= 0.6 is 0 Å². The van der Waals surface area contributed by atoms with Gasteiger partial charge in [-0.25, -0.2) is 4.98 Å². The van der Waals surface area contributed by atoms with Crippen LogP contribution in [0.25, 0.3) is 11.3 Å². The van der Waals surface area contributed by atoms with Gasteiger partial charge < -0.3 is 9.52 Å². The lowest BCUT2D eigenvalue weighted by Gasteiger charge is -2.03. The summed E-state index contributed by atoms with van der Waals surface area (Å²) in [4.78, 5) is 25.6. The molecule has 0 saturated heterocycles. The van der Waals surface area contributed by atoms with Gasteiger partial charge in [0, 0.05) is 5.56 Å². The van der Waals surface area contributed by atoms with E-state index in [2.05, 4.69) is 4.98 Å². The Balaban J connectivity index is 2.50. The van der Waals surface area contributed by atoms with Crippen molar-refractivity contribution < 1.29 is 18.7 Å². The summed E-state index contributed by atoms with van der Waals surface area (Å²) in [5.74, 6) is -2.35. The average molecular weight is 238 g/mol. The largest absolute Gasteiger partial charge is 0.480 e. The zero-order valence-electron chi connectivity index (χ0n) is 8.46. The number of nitrogens with zero attached hydrogens (tertiary/aromatic N) is 2. The lowest BCUT2D eigenvalue weighted by molar-refractivity contribution is -0.137. The van der Waals surface area contributed by atoms with Crippen LogP contribution in [0.2, 0.25) is 0 Å². The fourth-order valence-electron chi connectivity index (χ4n) is 1.32. The lowest BCUT2D eigenvalue weighted by atomic mass is 10.2. The van der Waals surface area contributed by atoms with Gasteiger partial charge in [0.2, 0.25) is 5.82 Å². The quantitative estimate of drug-likeness (QED) is 0.851.